The molecule has 0 heterocycles. The number of halogens is 2. The maximum Gasteiger partial charge on any atom is 0.242 e. The van der Waals surface area contributed by atoms with E-state index in [1.165, 1.54) is 0 Å². The summed E-state index contributed by atoms with van der Waals surface area (Å²) in [5.74, 6) is 0.387. The Labute approximate surface area is 181 Å². The first-order valence-corrected chi connectivity index (χ1v) is 10.3. The maximum absolute atomic E-state index is 13.2. The monoisotopic (exact) mass is 436 g/mol. The van der Waals surface area contributed by atoms with Crippen molar-refractivity contribution in [1.82, 2.24) is 10.2 Å². The Morgan fingerprint density at radius 2 is 1.79 bits per heavy atom. The number of likely N-dealkylation sites (N-methyl/N-ethyl adjacent to an activating group) is 1. The fraction of sp³-hybridized carbons (Fsp3) is 0.364. The summed E-state index contributed by atoms with van der Waals surface area (Å²) in [4.78, 5) is 27.4. The van der Waals surface area contributed by atoms with Crippen molar-refractivity contribution in [3.05, 3.63) is 63.6 Å². The van der Waals surface area contributed by atoms with Gasteiger partial charge in [0.15, 0.2) is 0 Å². The number of hydrogen-bond donors (Lipinski definition) is 1. The lowest BCUT2D eigenvalue weighted by Crippen LogP contribution is -2.49. The average molecular weight is 437 g/mol. The van der Waals surface area contributed by atoms with Crippen molar-refractivity contribution in [3.63, 3.8) is 0 Å². The number of nitrogens with one attached hydrogen (secondary N) is 1. The molecule has 5 nitrogen and oxygen atoms in total. The van der Waals surface area contributed by atoms with Crippen LogP contribution in [0.15, 0.2) is 42.5 Å². The molecule has 0 aliphatic rings. The van der Waals surface area contributed by atoms with Gasteiger partial charge in [-0.2, -0.15) is 0 Å². The summed E-state index contributed by atoms with van der Waals surface area (Å²) in [6, 6.07) is 11.9. The molecule has 0 aromatic heterocycles. The lowest BCUT2D eigenvalue weighted by Gasteiger charge is -2.31. The van der Waals surface area contributed by atoms with Gasteiger partial charge in [-0.05, 0) is 48.7 Å². The summed E-state index contributed by atoms with van der Waals surface area (Å²) < 4.78 is 5.19. The summed E-state index contributed by atoms with van der Waals surface area (Å²) in [5.41, 5.74) is 1.58. The quantitative estimate of drug-likeness (QED) is 0.629. The minimum Gasteiger partial charge on any atom is -0.497 e. The number of benzene rings is 2. The van der Waals surface area contributed by atoms with Gasteiger partial charge < -0.3 is 15.0 Å². The number of carbonyl (C=O) groups is 2. The highest BCUT2D eigenvalue weighted by molar-refractivity contribution is 6.35. The van der Waals surface area contributed by atoms with Crippen LogP contribution < -0.4 is 10.1 Å². The van der Waals surface area contributed by atoms with Crippen molar-refractivity contribution >= 4 is 35.0 Å². The molecule has 0 aliphatic heterocycles. The number of ether oxygens (including phenoxy) is 1. The van der Waals surface area contributed by atoms with Crippen molar-refractivity contribution in [1.29, 1.82) is 0 Å². The van der Waals surface area contributed by atoms with Crippen LogP contribution in [0.5, 0.6) is 5.75 Å². The second kappa shape index (κ2) is 11.1. The number of rotatable bonds is 9. The van der Waals surface area contributed by atoms with Gasteiger partial charge in [0.25, 0.3) is 0 Å². The Balaban J connectivity index is 2.30. The Morgan fingerprint density at radius 1 is 1.10 bits per heavy atom. The Bertz CT molecular complexity index is 840. The Kier molecular flexibility index (Phi) is 8.80. The molecule has 0 spiro atoms. The first-order chi connectivity index (χ1) is 13.9. The fourth-order valence-corrected chi connectivity index (χ4v) is 3.54. The number of nitrogens with zero attached hydrogens (tertiary/aromatic N) is 1. The molecule has 156 valence electrons. The second-order valence-corrected chi connectivity index (χ2v) is 7.44. The molecule has 0 fully saturated rings. The smallest absolute Gasteiger partial charge is 0.242 e. The molecule has 0 bridgehead atoms. The summed E-state index contributed by atoms with van der Waals surface area (Å²) in [5, 5.41) is 3.76. The third kappa shape index (κ3) is 6.38. The van der Waals surface area contributed by atoms with Crippen molar-refractivity contribution in [2.75, 3.05) is 13.7 Å². The molecule has 2 amide bonds. The van der Waals surface area contributed by atoms with E-state index in [2.05, 4.69) is 5.32 Å². The largest absolute Gasteiger partial charge is 0.497 e. The molecule has 0 aliphatic carbocycles. The van der Waals surface area contributed by atoms with Gasteiger partial charge in [-0.15, -0.1) is 0 Å². The minimum atomic E-state index is -0.573. The van der Waals surface area contributed by atoms with Gasteiger partial charge in [-0.25, -0.2) is 0 Å². The van der Waals surface area contributed by atoms with Crippen LogP contribution in [-0.4, -0.2) is 36.4 Å². The minimum absolute atomic E-state index is 0.0854. The summed E-state index contributed by atoms with van der Waals surface area (Å²) in [6.07, 6.45) is 0.587. The van der Waals surface area contributed by atoms with E-state index >= 15 is 0 Å². The van der Waals surface area contributed by atoms with E-state index in [9.17, 15) is 9.59 Å². The zero-order valence-electron chi connectivity index (χ0n) is 16.9. The first-order valence-electron chi connectivity index (χ1n) is 9.53. The lowest BCUT2D eigenvalue weighted by molar-refractivity contribution is -0.140. The van der Waals surface area contributed by atoms with Crippen LogP contribution in [0, 0.1) is 0 Å². The molecule has 0 radical (unpaired) electrons. The molecule has 1 unspecified atom stereocenters. The predicted molar refractivity (Wildman–Crippen MR) is 116 cm³/mol. The molecule has 0 saturated carbocycles. The summed E-state index contributed by atoms with van der Waals surface area (Å²) >= 11 is 12.2. The van der Waals surface area contributed by atoms with E-state index in [4.69, 9.17) is 27.9 Å². The summed E-state index contributed by atoms with van der Waals surface area (Å²) in [6.45, 7) is 4.56. The van der Waals surface area contributed by atoms with Crippen molar-refractivity contribution < 1.29 is 14.3 Å². The Hall–Kier alpha value is -2.24. The summed E-state index contributed by atoms with van der Waals surface area (Å²) in [7, 11) is 1.60. The van der Waals surface area contributed by atoms with Crippen LogP contribution in [0.25, 0.3) is 0 Å². The second-order valence-electron chi connectivity index (χ2n) is 6.60. The van der Waals surface area contributed by atoms with Crippen LogP contribution in [0.4, 0.5) is 0 Å². The molecule has 1 atom stereocenters. The average Bonchev–Trinajstić information content (AvgIpc) is 2.70. The van der Waals surface area contributed by atoms with E-state index in [0.717, 1.165) is 11.3 Å². The highest BCUT2D eigenvalue weighted by Gasteiger charge is 2.28. The third-order valence-corrected chi connectivity index (χ3v) is 5.19. The van der Waals surface area contributed by atoms with E-state index < -0.39 is 6.04 Å². The lowest BCUT2D eigenvalue weighted by atomic mass is 10.1. The van der Waals surface area contributed by atoms with Crippen molar-refractivity contribution in [3.8, 4) is 5.75 Å². The van der Waals surface area contributed by atoms with Crippen LogP contribution in [0.2, 0.25) is 10.0 Å². The molecule has 0 saturated heterocycles. The normalized spacial score (nSPS) is 11.6. The highest BCUT2D eigenvalue weighted by Crippen LogP contribution is 2.23. The molecule has 2 aromatic carbocycles. The zero-order chi connectivity index (χ0) is 21.4. The molecule has 2 aromatic rings. The van der Waals surface area contributed by atoms with Crippen LogP contribution in [0.3, 0.4) is 0 Å². The van der Waals surface area contributed by atoms with E-state index in [-0.39, 0.29) is 18.2 Å². The van der Waals surface area contributed by atoms with E-state index in [1.807, 2.05) is 38.1 Å². The number of methoxy groups -OCH3 is 1. The number of amides is 2. The van der Waals surface area contributed by atoms with Gasteiger partial charge in [0, 0.05) is 23.1 Å². The first kappa shape index (κ1) is 23.0. The Morgan fingerprint density at radius 3 is 2.34 bits per heavy atom. The van der Waals surface area contributed by atoms with Crippen molar-refractivity contribution in [2.24, 2.45) is 0 Å². The van der Waals surface area contributed by atoms with Crippen molar-refractivity contribution in [2.45, 2.75) is 39.3 Å². The van der Waals surface area contributed by atoms with Crippen LogP contribution in [0.1, 0.15) is 31.4 Å². The van der Waals surface area contributed by atoms with E-state index in [0.29, 0.717) is 35.1 Å². The maximum atomic E-state index is 13.2. The van der Waals surface area contributed by atoms with Gasteiger partial charge in [0.1, 0.15) is 11.8 Å². The van der Waals surface area contributed by atoms with Gasteiger partial charge in [0.2, 0.25) is 11.8 Å². The fourth-order valence-electron chi connectivity index (χ4n) is 3.07. The van der Waals surface area contributed by atoms with Gasteiger partial charge in [-0.3, -0.25) is 9.59 Å². The van der Waals surface area contributed by atoms with Gasteiger partial charge in [-0.1, -0.05) is 48.3 Å². The van der Waals surface area contributed by atoms with E-state index in [1.54, 1.807) is 30.2 Å². The SMILES string of the molecule is CCNC(=O)C(CC)N(Cc1ccc(OC)cc1)C(=O)Cc1ccc(Cl)cc1Cl. The number of carbonyl (C=O) groups excluding carboxylic acids is 2. The van der Waals surface area contributed by atoms with Gasteiger partial charge >= 0.3 is 0 Å². The molecule has 29 heavy (non-hydrogen) atoms. The van der Waals surface area contributed by atoms with Crippen LogP contribution >= 0.6 is 23.2 Å². The molecular formula is C22H26Cl2N2O3. The molecule has 2 rings (SSSR count). The van der Waals surface area contributed by atoms with Crippen LogP contribution in [-0.2, 0) is 22.6 Å². The highest BCUT2D eigenvalue weighted by atomic mass is 35.5. The third-order valence-electron chi connectivity index (χ3n) is 4.61. The predicted octanol–water partition coefficient (Wildman–Crippen LogP) is 4.49. The molecule has 1 N–H and O–H groups in total. The standard InChI is InChI=1S/C22H26Cl2N2O3/c1-4-20(22(28)25-5-2)26(14-15-6-10-18(29-3)11-7-15)21(27)12-16-8-9-17(23)13-19(16)24/h6-11,13,20H,4-5,12,14H2,1-3H3,(H,25,28). The number of hydrogen-bond acceptors (Lipinski definition) is 3. The molecule has 7 heteroatoms. The zero-order valence-corrected chi connectivity index (χ0v) is 18.4. The van der Waals surface area contributed by atoms with Gasteiger partial charge in [0.05, 0.1) is 13.5 Å². The topological polar surface area (TPSA) is 58.6 Å². The molecular weight excluding hydrogens is 411 g/mol.